The summed E-state index contributed by atoms with van der Waals surface area (Å²) in [6, 6.07) is -1.51. The van der Waals surface area contributed by atoms with Gasteiger partial charge < -0.3 is 25.7 Å². The molecule has 8 nitrogen and oxygen atoms in total. The van der Waals surface area contributed by atoms with Crippen molar-refractivity contribution in [2.45, 2.75) is 51.3 Å². The second-order valence-corrected chi connectivity index (χ2v) is 5.25. The van der Waals surface area contributed by atoms with E-state index in [9.17, 15) is 19.5 Å². The molecule has 21 heavy (non-hydrogen) atoms. The molecular weight excluding hydrogens is 278 g/mol. The quantitative estimate of drug-likeness (QED) is 0.528. The highest BCUT2D eigenvalue weighted by atomic mass is 16.4. The molecule has 0 aliphatic carbocycles. The van der Waals surface area contributed by atoms with E-state index >= 15 is 0 Å². The van der Waals surface area contributed by atoms with Crippen molar-refractivity contribution < 1.29 is 24.6 Å². The number of hydrogen-bond donors (Lipinski definition) is 4. The molecule has 0 bridgehead atoms. The van der Waals surface area contributed by atoms with E-state index in [2.05, 4.69) is 10.6 Å². The zero-order valence-electron chi connectivity index (χ0n) is 12.3. The Morgan fingerprint density at radius 1 is 1.38 bits per heavy atom. The Hall–Kier alpha value is -1.83. The summed E-state index contributed by atoms with van der Waals surface area (Å²) in [5.41, 5.74) is 0. The van der Waals surface area contributed by atoms with Crippen LogP contribution in [0.4, 0.5) is 4.79 Å². The molecule has 3 amide bonds. The molecule has 4 N–H and O–H groups in total. The lowest BCUT2D eigenvalue weighted by Gasteiger charge is -2.21. The Morgan fingerprint density at radius 2 is 2.05 bits per heavy atom. The molecule has 0 aromatic rings. The van der Waals surface area contributed by atoms with Crippen LogP contribution in [0.3, 0.4) is 0 Å². The average molecular weight is 301 g/mol. The minimum absolute atomic E-state index is 0.0120. The second-order valence-electron chi connectivity index (χ2n) is 5.25. The number of aliphatic hydroxyl groups excluding tert-OH is 1. The smallest absolute Gasteiger partial charge is 0.326 e. The van der Waals surface area contributed by atoms with Crippen LogP contribution in [0.25, 0.3) is 0 Å². The first-order chi connectivity index (χ1) is 9.85. The maximum atomic E-state index is 11.9. The molecule has 3 atom stereocenters. The lowest BCUT2D eigenvalue weighted by molar-refractivity contribution is -0.141. The number of nitrogens with zero attached hydrogens (tertiary/aromatic N) is 1. The largest absolute Gasteiger partial charge is 0.480 e. The van der Waals surface area contributed by atoms with Crippen molar-refractivity contribution in [1.82, 2.24) is 15.5 Å². The molecule has 120 valence electrons. The maximum Gasteiger partial charge on any atom is 0.326 e. The summed E-state index contributed by atoms with van der Waals surface area (Å²) in [4.78, 5) is 35.5. The molecule has 0 aromatic heterocycles. The van der Waals surface area contributed by atoms with Crippen LogP contribution in [0.5, 0.6) is 0 Å². The summed E-state index contributed by atoms with van der Waals surface area (Å²) in [5, 5.41) is 23.7. The number of carbonyl (C=O) groups excluding carboxylic acids is 2. The zero-order valence-corrected chi connectivity index (χ0v) is 12.3. The van der Waals surface area contributed by atoms with Crippen LogP contribution < -0.4 is 10.6 Å². The topological polar surface area (TPSA) is 119 Å². The molecule has 0 saturated carbocycles. The molecule has 1 aliphatic rings. The van der Waals surface area contributed by atoms with Gasteiger partial charge in [-0.05, 0) is 13.3 Å². The van der Waals surface area contributed by atoms with Gasteiger partial charge in [-0.15, -0.1) is 0 Å². The molecule has 0 spiro atoms. The first-order valence-corrected chi connectivity index (χ1v) is 7.09. The average Bonchev–Trinajstić information content (AvgIpc) is 2.80. The van der Waals surface area contributed by atoms with Gasteiger partial charge >= 0.3 is 12.0 Å². The van der Waals surface area contributed by atoms with E-state index in [0.717, 1.165) is 11.3 Å². The predicted molar refractivity (Wildman–Crippen MR) is 74.7 cm³/mol. The van der Waals surface area contributed by atoms with Gasteiger partial charge in [0.25, 0.3) is 0 Å². The number of likely N-dealkylation sites (tertiary alicyclic amines) is 1. The minimum Gasteiger partial charge on any atom is -0.480 e. The lowest BCUT2D eigenvalue weighted by atomic mass is 10.2. The van der Waals surface area contributed by atoms with Crippen molar-refractivity contribution in [3.05, 3.63) is 0 Å². The Balaban J connectivity index is 2.36. The van der Waals surface area contributed by atoms with Gasteiger partial charge in [0, 0.05) is 32.0 Å². The number of aliphatic carboxylic acids is 1. The van der Waals surface area contributed by atoms with Crippen molar-refractivity contribution in [2.75, 3.05) is 13.1 Å². The molecule has 1 heterocycles. The molecule has 0 radical (unpaired) electrons. The number of amides is 3. The van der Waals surface area contributed by atoms with Gasteiger partial charge in [-0.2, -0.15) is 0 Å². The van der Waals surface area contributed by atoms with Crippen molar-refractivity contribution in [2.24, 2.45) is 0 Å². The van der Waals surface area contributed by atoms with Crippen LogP contribution >= 0.6 is 0 Å². The van der Waals surface area contributed by atoms with Gasteiger partial charge in [0.15, 0.2) is 0 Å². The molecular formula is C13H23N3O5. The minimum atomic E-state index is -1.14. The number of carboxylic acids is 1. The van der Waals surface area contributed by atoms with Gasteiger partial charge in [0.1, 0.15) is 6.04 Å². The number of aliphatic hydroxyl groups is 1. The summed E-state index contributed by atoms with van der Waals surface area (Å²) >= 11 is 0. The number of β-amino-alcohol motifs (C(OH)–C–C–N with tert-alkyl or cyclic N) is 1. The van der Waals surface area contributed by atoms with E-state index in [1.54, 1.807) is 0 Å². The predicted octanol–water partition coefficient (Wildman–Crippen LogP) is -0.479. The molecule has 8 heteroatoms. The van der Waals surface area contributed by atoms with Crippen molar-refractivity contribution in [1.29, 1.82) is 0 Å². The van der Waals surface area contributed by atoms with Gasteiger partial charge in [-0.25, -0.2) is 9.59 Å². The van der Waals surface area contributed by atoms with Crippen LogP contribution in [-0.4, -0.2) is 64.3 Å². The summed E-state index contributed by atoms with van der Waals surface area (Å²) in [7, 11) is 0. The number of urea groups is 1. The van der Waals surface area contributed by atoms with Gasteiger partial charge in [-0.1, -0.05) is 6.92 Å². The van der Waals surface area contributed by atoms with Crippen molar-refractivity contribution >= 4 is 17.9 Å². The molecule has 1 unspecified atom stereocenters. The molecule has 1 fully saturated rings. The summed E-state index contributed by atoms with van der Waals surface area (Å²) in [5.74, 6) is -1.31. The van der Waals surface area contributed by atoms with Gasteiger partial charge in [0.05, 0.1) is 6.10 Å². The van der Waals surface area contributed by atoms with Gasteiger partial charge in [-0.3, -0.25) is 4.79 Å². The Bertz CT molecular complexity index is 401. The van der Waals surface area contributed by atoms with Crippen molar-refractivity contribution in [3.8, 4) is 0 Å². The number of carbonyl (C=O) groups is 3. The number of nitrogens with one attached hydrogen (secondary N) is 2. The highest BCUT2D eigenvalue weighted by molar-refractivity contribution is 5.84. The van der Waals surface area contributed by atoms with E-state index in [4.69, 9.17) is 5.11 Å². The first kappa shape index (κ1) is 17.2. The standard InChI is InChI=1S/C13H23N3O5/c1-3-8(2)15-11(18)4-5-14-13(21)16-7-9(17)6-10(16)12(19)20/h8-10,17H,3-7H2,1-2H3,(H,14,21)(H,15,18)(H,19,20)/t8?,9-,10+/m1/s1. The third-order valence-electron chi connectivity index (χ3n) is 3.47. The van der Waals surface area contributed by atoms with E-state index in [1.165, 1.54) is 0 Å². The number of carboxylic acid groups (broad SMARTS) is 1. The zero-order chi connectivity index (χ0) is 16.0. The molecule has 1 saturated heterocycles. The SMILES string of the molecule is CCC(C)NC(=O)CCNC(=O)N1C[C@H](O)C[C@H]1C(=O)O. The highest BCUT2D eigenvalue weighted by Crippen LogP contribution is 2.17. The molecule has 1 aliphatic heterocycles. The Morgan fingerprint density at radius 3 is 2.62 bits per heavy atom. The fourth-order valence-electron chi connectivity index (χ4n) is 2.11. The first-order valence-electron chi connectivity index (χ1n) is 7.09. The van der Waals surface area contributed by atoms with Crippen molar-refractivity contribution in [3.63, 3.8) is 0 Å². The van der Waals surface area contributed by atoms with E-state index in [-0.39, 0.29) is 37.9 Å². The van der Waals surface area contributed by atoms with E-state index in [0.29, 0.717) is 0 Å². The van der Waals surface area contributed by atoms with E-state index < -0.39 is 24.1 Å². The van der Waals surface area contributed by atoms with Crippen LogP contribution in [0.15, 0.2) is 0 Å². The Kier molecular flexibility index (Phi) is 6.41. The monoisotopic (exact) mass is 301 g/mol. The summed E-state index contributed by atoms with van der Waals surface area (Å²) in [6.45, 7) is 3.96. The highest BCUT2D eigenvalue weighted by Gasteiger charge is 2.38. The summed E-state index contributed by atoms with van der Waals surface area (Å²) < 4.78 is 0. The normalized spacial score (nSPS) is 22.7. The van der Waals surface area contributed by atoms with Crippen LogP contribution in [0, 0.1) is 0 Å². The molecule has 1 rings (SSSR count). The summed E-state index contributed by atoms with van der Waals surface area (Å²) in [6.07, 6.45) is 0.150. The van der Waals surface area contributed by atoms with Crippen LogP contribution in [-0.2, 0) is 9.59 Å². The van der Waals surface area contributed by atoms with Crippen LogP contribution in [0.2, 0.25) is 0 Å². The number of hydrogen-bond acceptors (Lipinski definition) is 4. The number of rotatable bonds is 6. The Labute approximate surface area is 123 Å². The maximum absolute atomic E-state index is 11.9. The molecule has 0 aromatic carbocycles. The fraction of sp³-hybridized carbons (Fsp3) is 0.769. The van der Waals surface area contributed by atoms with Gasteiger partial charge in [0.2, 0.25) is 5.91 Å². The fourth-order valence-corrected chi connectivity index (χ4v) is 2.11. The second kappa shape index (κ2) is 7.82. The van der Waals surface area contributed by atoms with E-state index in [1.807, 2.05) is 13.8 Å². The third-order valence-corrected chi connectivity index (χ3v) is 3.47. The van der Waals surface area contributed by atoms with Crippen LogP contribution in [0.1, 0.15) is 33.1 Å². The third kappa shape index (κ3) is 5.22. The lowest BCUT2D eigenvalue weighted by Crippen LogP contribution is -2.47.